The summed E-state index contributed by atoms with van der Waals surface area (Å²) in [4.78, 5) is 12.6. The minimum absolute atomic E-state index is 0.0937. The van der Waals surface area contributed by atoms with Crippen LogP contribution in [-0.4, -0.2) is 15.6 Å². The quantitative estimate of drug-likeness (QED) is 0.682. The van der Waals surface area contributed by atoms with Gasteiger partial charge in [-0.25, -0.2) is 0 Å². The molecule has 0 fully saturated rings. The van der Waals surface area contributed by atoms with Gasteiger partial charge >= 0.3 is 0 Å². The van der Waals surface area contributed by atoms with Gasteiger partial charge in [-0.3, -0.25) is 9.48 Å². The van der Waals surface area contributed by atoms with E-state index in [0.29, 0.717) is 25.2 Å². The van der Waals surface area contributed by atoms with Crippen molar-refractivity contribution in [2.24, 2.45) is 0 Å². The molecule has 0 aliphatic rings. The van der Waals surface area contributed by atoms with Crippen molar-refractivity contribution in [1.29, 1.82) is 0 Å². The van der Waals surface area contributed by atoms with Crippen LogP contribution in [0.15, 0.2) is 33.3 Å². The highest BCUT2D eigenvalue weighted by molar-refractivity contribution is 9.10. The second kappa shape index (κ2) is 5.77. The predicted octanol–water partition coefficient (Wildman–Crippen LogP) is 4.87. The first-order valence-corrected chi connectivity index (χ1v) is 7.61. The smallest absolute Gasteiger partial charge is 0.213 e. The summed E-state index contributed by atoms with van der Waals surface area (Å²) in [5.74, 6) is -0.149. The van der Waals surface area contributed by atoms with Crippen LogP contribution in [0.25, 0.3) is 0 Å². The number of carbonyl (C=O) groups excluding carboxylic acids is 1. The Hall–Kier alpha value is -0.650. The molecule has 2 rings (SSSR count). The summed E-state index contributed by atoms with van der Waals surface area (Å²) in [5, 5.41) is 4.62. The van der Waals surface area contributed by atoms with Gasteiger partial charge in [0.2, 0.25) is 5.78 Å². The summed E-state index contributed by atoms with van der Waals surface area (Å²) in [5.41, 5.74) is 0.967. The Morgan fingerprint density at radius 2 is 2.00 bits per heavy atom. The molecule has 0 aliphatic heterocycles. The average Bonchev–Trinajstić information content (AvgIpc) is 2.74. The van der Waals surface area contributed by atoms with Crippen molar-refractivity contribution >= 4 is 49.2 Å². The van der Waals surface area contributed by atoms with Crippen LogP contribution in [0.5, 0.6) is 0 Å². The number of nitrogens with zero attached hydrogens (tertiary/aromatic N) is 2. The van der Waals surface area contributed by atoms with Crippen LogP contribution in [-0.2, 0) is 0 Å². The standard InChI is InChI=1S/C13H11Br2ClN2O/c1-7(2)18-12(10(15)6-17-18)13(19)8-4-3-5-9(14)11(8)16/h3-7H,1-2H3. The molecule has 0 aliphatic carbocycles. The molecule has 1 aromatic carbocycles. The number of rotatable bonds is 3. The van der Waals surface area contributed by atoms with Crippen molar-refractivity contribution < 1.29 is 4.79 Å². The van der Waals surface area contributed by atoms with E-state index in [-0.39, 0.29) is 11.8 Å². The maximum atomic E-state index is 12.6. The Bertz CT molecular complexity index is 638. The molecular formula is C13H11Br2ClN2O. The first kappa shape index (κ1) is 14.8. The maximum absolute atomic E-state index is 12.6. The summed E-state index contributed by atoms with van der Waals surface area (Å²) in [6.07, 6.45) is 1.62. The van der Waals surface area contributed by atoms with Crippen LogP contribution in [0.1, 0.15) is 35.9 Å². The van der Waals surface area contributed by atoms with Crippen LogP contribution in [0.3, 0.4) is 0 Å². The zero-order chi connectivity index (χ0) is 14.2. The van der Waals surface area contributed by atoms with Crippen LogP contribution < -0.4 is 0 Å². The van der Waals surface area contributed by atoms with E-state index in [1.165, 1.54) is 0 Å². The van der Waals surface area contributed by atoms with E-state index in [4.69, 9.17) is 11.6 Å². The topological polar surface area (TPSA) is 34.9 Å². The summed E-state index contributed by atoms with van der Waals surface area (Å²) in [6.45, 7) is 3.94. The second-order valence-corrected chi connectivity index (χ2v) is 6.40. The molecule has 0 N–H and O–H groups in total. The highest BCUT2D eigenvalue weighted by atomic mass is 79.9. The molecule has 2 aromatic rings. The number of ketones is 1. The van der Waals surface area contributed by atoms with Gasteiger partial charge in [0.15, 0.2) is 0 Å². The lowest BCUT2D eigenvalue weighted by atomic mass is 10.1. The zero-order valence-electron chi connectivity index (χ0n) is 10.3. The first-order chi connectivity index (χ1) is 8.93. The van der Waals surface area contributed by atoms with E-state index >= 15 is 0 Å². The largest absolute Gasteiger partial charge is 0.287 e. The van der Waals surface area contributed by atoms with Gasteiger partial charge in [-0.1, -0.05) is 17.7 Å². The number of hydrogen-bond acceptors (Lipinski definition) is 2. The predicted molar refractivity (Wildman–Crippen MR) is 82.9 cm³/mol. The Labute approximate surface area is 133 Å². The summed E-state index contributed by atoms with van der Waals surface area (Å²) >= 11 is 12.9. The first-order valence-electron chi connectivity index (χ1n) is 5.65. The summed E-state index contributed by atoms with van der Waals surface area (Å²) in [7, 11) is 0. The Morgan fingerprint density at radius 1 is 1.32 bits per heavy atom. The SMILES string of the molecule is CC(C)n1ncc(Br)c1C(=O)c1cccc(Br)c1Cl. The third-order valence-electron chi connectivity index (χ3n) is 2.65. The minimum atomic E-state index is -0.149. The van der Waals surface area contributed by atoms with Gasteiger partial charge in [0.05, 0.1) is 15.7 Å². The lowest BCUT2D eigenvalue weighted by Crippen LogP contribution is -2.14. The van der Waals surface area contributed by atoms with Gasteiger partial charge in [-0.05, 0) is 57.8 Å². The highest BCUT2D eigenvalue weighted by Gasteiger charge is 2.22. The van der Waals surface area contributed by atoms with E-state index in [1.54, 1.807) is 29.1 Å². The molecule has 1 aromatic heterocycles. The minimum Gasteiger partial charge on any atom is -0.287 e. The maximum Gasteiger partial charge on any atom is 0.213 e. The molecule has 0 bridgehead atoms. The summed E-state index contributed by atoms with van der Waals surface area (Å²) in [6, 6.07) is 5.39. The molecule has 3 nitrogen and oxygen atoms in total. The van der Waals surface area contributed by atoms with Crippen LogP contribution in [0.4, 0.5) is 0 Å². The molecule has 0 radical (unpaired) electrons. The highest BCUT2D eigenvalue weighted by Crippen LogP contribution is 2.30. The van der Waals surface area contributed by atoms with Crippen LogP contribution in [0, 0.1) is 0 Å². The lowest BCUT2D eigenvalue weighted by Gasteiger charge is -2.11. The number of benzene rings is 1. The fourth-order valence-electron chi connectivity index (χ4n) is 1.75. The average molecular weight is 407 g/mol. The monoisotopic (exact) mass is 404 g/mol. The number of aromatic nitrogens is 2. The molecule has 6 heteroatoms. The van der Waals surface area contributed by atoms with E-state index in [9.17, 15) is 4.79 Å². The molecule has 1 heterocycles. The molecule has 0 spiro atoms. The number of hydrogen-bond donors (Lipinski definition) is 0. The molecule has 100 valence electrons. The molecule has 0 unspecified atom stereocenters. The Morgan fingerprint density at radius 3 is 2.63 bits per heavy atom. The van der Waals surface area contributed by atoms with Crippen molar-refractivity contribution in [1.82, 2.24) is 9.78 Å². The Kier molecular flexibility index (Phi) is 4.48. The normalized spacial score (nSPS) is 11.1. The van der Waals surface area contributed by atoms with Gasteiger partial charge in [-0.2, -0.15) is 5.10 Å². The van der Waals surface area contributed by atoms with E-state index in [1.807, 2.05) is 13.8 Å². The van der Waals surface area contributed by atoms with Gasteiger partial charge in [0.1, 0.15) is 5.69 Å². The van der Waals surface area contributed by atoms with Gasteiger partial charge in [-0.15, -0.1) is 0 Å². The fraction of sp³-hybridized carbons (Fsp3) is 0.231. The molecular weight excluding hydrogens is 395 g/mol. The van der Waals surface area contributed by atoms with Gasteiger partial charge < -0.3 is 0 Å². The zero-order valence-corrected chi connectivity index (χ0v) is 14.3. The van der Waals surface area contributed by atoms with Gasteiger partial charge in [0, 0.05) is 16.1 Å². The van der Waals surface area contributed by atoms with E-state index in [0.717, 1.165) is 0 Å². The lowest BCUT2D eigenvalue weighted by molar-refractivity contribution is 0.102. The molecule has 0 saturated heterocycles. The van der Waals surface area contributed by atoms with E-state index < -0.39 is 0 Å². The number of carbonyl (C=O) groups is 1. The molecule has 0 saturated carbocycles. The Balaban J connectivity index is 2.56. The number of halogens is 3. The van der Waals surface area contributed by atoms with Crippen LogP contribution in [0.2, 0.25) is 5.02 Å². The van der Waals surface area contributed by atoms with Gasteiger partial charge in [0.25, 0.3) is 0 Å². The molecule has 0 atom stereocenters. The third-order valence-corrected chi connectivity index (χ3v) is 4.53. The van der Waals surface area contributed by atoms with Crippen molar-refractivity contribution in [3.05, 3.63) is 49.6 Å². The van der Waals surface area contributed by atoms with Crippen molar-refractivity contribution in [2.75, 3.05) is 0 Å². The summed E-state index contributed by atoms with van der Waals surface area (Å²) < 4.78 is 3.05. The van der Waals surface area contributed by atoms with Crippen molar-refractivity contribution in [2.45, 2.75) is 19.9 Å². The van der Waals surface area contributed by atoms with E-state index in [2.05, 4.69) is 37.0 Å². The van der Waals surface area contributed by atoms with Crippen molar-refractivity contribution in [3.8, 4) is 0 Å². The van der Waals surface area contributed by atoms with Crippen molar-refractivity contribution in [3.63, 3.8) is 0 Å². The third kappa shape index (κ3) is 2.78. The molecule has 19 heavy (non-hydrogen) atoms. The fourth-order valence-corrected chi connectivity index (χ4v) is 2.78. The van der Waals surface area contributed by atoms with Crippen LogP contribution >= 0.6 is 43.5 Å². The second-order valence-electron chi connectivity index (χ2n) is 4.31. The molecule has 0 amide bonds.